The lowest BCUT2D eigenvalue weighted by Crippen LogP contribution is -2.30. The van der Waals surface area contributed by atoms with Crippen molar-refractivity contribution in [1.29, 1.82) is 0 Å². The van der Waals surface area contributed by atoms with Crippen molar-refractivity contribution in [1.82, 2.24) is 14.5 Å². The highest BCUT2D eigenvalue weighted by Gasteiger charge is 2.17. The molecule has 1 fully saturated rings. The summed E-state index contributed by atoms with van der Waals surface area (Å²) in [6, 6.07) is 0. The second kappa shape index (κ2) is 6.96. The zero-order valence-corrected chi connectivity index (χ0v) is 12.1. The Kier molecular flexibility index (Phi) is 5.27. The van der Waals surface area contributed by atoms with Gasteiger partial charge in [-0.2, -0.15) is 0 Å². The third-order valence-corrected chi connectivity index (χ3v) is 4.61. The smallest absolute Gasteiger partial charge is 0.313 e. The van der Waals surface area contributed by atoms with Crippen LogP contribution >= 0.6 is 11.8 Å². The third kappa shape index (κ3) is 4.54. The number of hydrogen-bond acceptors (Lipinski definition) is 4. The molecule has 6 heteroatoms. The number of nitrogens with zero attached hydrogens (tertiary/aromatic N) is 3. The van der Waals surface area contributed by atoms with Gasteiger partial charge in [-0.1, -0.05) is 11.8 Å². The zero-order chi connectivity index (χ0) is 13.7. The molecule has 1 aliphatic rings. The number of hydrogen-bond donors (Lipinski definition) is 1. The Hall–Kier alpha value is -1.01. The number of rotatable bonds is 6. The van der Waals surface area contributed by atoms with Gasteiger partial charge in [-0.05, 0) is 45.3 Å². The molecule has 19 heavy (non-hydrogen) atoms. The van der Waals surface area contributed by atoms with Gasteiger partial charge in [0, 0.05) is 18.9 Å². The van der Waals surface area contributed by atoms with Gasteiger partial charge in [0.25, 0.3) is 0 Å². The van der Waals surface area contributed by atoms with Gasteiger partial charge < -0.3 is 14.6 Å². The molecule has 106 valence electrons. The zero-order valence-electron chi connectivity index (χ0n) is 11.3. The van der Waals surface area contributed by atoms with Crippen LogP contribution in [0.2, 0.25) is 0 Å². The maximum absolute atomic E-state index is 10.6. The lowest BCUT2D eigenvalue weighted by atomic mass is 9.94. The molecule has 1 aromatic heterocycles. The molecule has 0 aliphatic carbocycles. The Morgan fingerprint density at radius 2 is 2.26 bits per heavy atom. The van der Waals surface area contributed by atoms with Crippen LogP contribution < -0.4 is 0 Å². The first-order chi connectivity index (χ1) is 9.15. The molecule has 5 nitrogen and oxygen atoms in total. The predicted molar refractivity (Wildman–Crippen MR) is 75.4 cm³/mol. The first-order valence-electron chi connectivity index (χ1n) is 6.69. The van der Waals surface area contributed by atoms with Crippen LogP contribution in [0.4, 0.5) is 0 Å². The van der Waals surface area contributed by atoms with Gasteiger partial charge in [0.15, 0.2) is 5.16 Å². The van der Waals surface area contributed by atoms with E-state index in [1.807, 2.05) is 6.20 Å². The highest BCUT2D eigenvalue weighted by Crippen LogP contribution is 2.22. The molecule has 0 saturated carbocycles. The molecular formula is C13H21N3O2S. The van der Waals surface area contributed by atoms with Crippen LogP contribution in [0.25, 0.3) is 0 Å². The minimum atomic E-state index is -0.796. The summed E-state index contributed by atoms with van der Waals surface area (Å²) in [6.07, 6.45) is 7.38. The molecule has 2 heterocycles. The molecule has 0 amide bonds. The van der Waals surface area contributed by atoms with Gasteiger partial charge in [0.05, 0.1) is 5.75 Å². The average molecular weight is 283 g/mol. The van der Waals surface area contributed by atoms with Crippen molar-refractivity contribution in [2.75, 3.05) is 25.9 Å². The number of aryl methyl sites for hydroxylation is 1. The van der Waals surface area contributed by atoms with Crippen molar-refractivity contribution in [2.24, 2.45) is 5.92 Å². The summed E-state index contributed by atoms with van der Waals surface area (Å²) in [6.45, 7) is 3.32. The Balaban J connectivity index is 1.79. The molecule has 1 N–H and O–H groups in total. The number of carbonyl (C=O) groups is 1. The van der Waals surface area contributed by atoms with E-state index in [0.29, 0.717) is 0 Å². The fourth-order valence-corrected chi connectivity index (χ4v) is 3.11. The van der Waals surface area contributed by atoms with E-state index in [0.717, 1.165) is 24.0 Å². The molecule has 1 aliphatic heterocycles. The molecule has 0 unspecified atom stereocenters. The highest BCUT2D eigenvalue weighted by atomic mass is 32.2. The summed E-state index contributed by atoms with van der Waals surface area (Å²) < 4.78 is 2.08. The van der Waals surface area contributed by atoms with Crippen molar-refractivity contribution in [2.45, 2.75) is 31.0 Å². The lowest BCUT2D eigenvalue weighted by Gasteiger charge is -2.29. The molecule has 0 bridgehead atoms. The predicted octanol–water partition coefficient (Wildman–Crippen LogP) is 1.79. The molecule has 1 saturated heterocycles. The minimum Gasteiger partial charge on any atom is -0.481 e. The van der Waals surface area contributed by atoms with E-state index in [1.54, 1.807) is 6.20 Å². The molecule has 0 radical (unpaired) electrons. The van der Waals surface area contributed by atoms with Crippen LogP contribution in [0.15, 0.2) is 17.6 Å². The normalized spacial score (nSPS) is 17.7. The van der Waals surface area contributed by atoms with Crippen LogP contribution in [0, 0.1) is 5.92 Å². The van der Waals surface area contributed by atoms with Gasteiger partial charge in [-0.3, -0.25) is 4.79 Å². The second-order valence-electron chi connectivity index (χ2n) is 5.12. The van der Waals surface area contributed by atoms with Crippen molar-refractivity contribution >= 4 is 17.7 Å². The molecule has 0 atom stereocenters. The summed E-state index contributed by atoms with van der Waals surface area (Å²) in [7, 11) is 2.17. The number of thioether (sulfide) groups is 1. The lowest BCUT2D eigenvalue weighted by molar-refractivity contribution is -0.133. The number of carboxylic acids is 1. The van der Waals surface area contributed by atoms with E-state index < -0.39 is 5.97 Å². The van der Waals surface area contributed by atoms with Gasteiger partial charge in [0.1, 0.15) is 0 Å². The first kappa shape index (κ1) is 14.4. The topological polar surface area (TPSA) is 58.4 Å². The summed E-state index contributed by atoms with van der Waals surface area (Å²) in [5, 5.41) is 9.51. The van der Waals surface area contributed by atoms with Crippen LogP contribution in [0.1, 0.15) is 19.3 Å². The van der Waals surface area contributed by atoms with Gasteiger partial charge in [0.2, 0.25) is 0 Å². The molecule has 1 aromatic rings. The maximum Gasteiger partial charge on any atom is 0.313 e. The molecular weight excluding hydrogens is 262 g/mol. The van der Waals surface area contributed by atoms with Crippen LogP contribution in [0.3, 0.4) is 0 Å². The van der Waals surface area contributed by atoms with E-state index in [9.17, 15) is 4.79 Å². The average Bonchev–Trinajstić information content (AvgIpc) is 2.83. The fraction of sp³-hybridized carbons (Fsp3) is 0.692. The van der Waals surface area contributed by atoms with Crippen molar-refractivity contribution in [3.05, 3.63) is 12.4 Å². The Morgan fingerprint density at radius 1 is 1.53 bits per heavy atom. The quantitative estimate of drug-likeness (QED) is 0.807. The van der Waals surface area contributed by atoms with Crippen molar-refractivity contribution < 1.29 is 9.90 Å². The van der Waals surface area contributed by atoms with Crippen LogP contribution in [-0.2, 0) is 11.3 Å². The van der Waals surface area contributed by atoms with Gasteiger partial charge in [-0.15, -0.1) is 0 Å². The maximum atomic E-state index is 10.6. The number of likely N-dealkylation sites (tertiary alicyclic amines) is 1. The summed E-state index contributed by atoms with van der Waals surface area (Å²) in [5.74, 6) is 0.0661. The number of aliphatic carboxylic acids is 1. The second-order valence-corrected chi connectivity index (χ2v) is 6.06. The number of piperidine rings is 1. The minimum absolute atomic E-state index is 0.0746. The van der Waals surface area contributed by atoms with E-state index in [1.165, 1.54) is 37.7 Å². The third-order valence-electron chi connectivity index (χ3n) is 3.62. The van der Waals surface area contributed by atoms with Crippen molar-refractivity contribution in [3.63, 3.8) is 0 Å². The van der Waals surface area contributed by atoms with Crippen LogP contribution in [-0.4, -0.2) is 51.4 Å². The van der Waals surface area contributed by atoms with Gasteiger partial charge >= 0.3 is 5.97 Å². The fourth-order valence-electron chi connectivity index (χ4n) is 2.40. The monoisotopic (exact) mass is 283 g/mol. The number of imidazole rings is 1. The Bertz CT molecular complexity index is 414. The number of carboxylic acid groups (broad SMARTS) is 1. The SMILES string of the molecule is CN1CCC(CCn2ccnc2SCC(=O)O)CC1. The molecule has 2 rings (SSSR count). The van der Waals surface area contributed by atoms with E-state index in [2.05, 4.69) is 21.5 Å². The largest absolute Gasteiger partial charge is 0.481 e. The summed E-state index contributed by atoms with van der Waals surface area (Å²) in [4.78, 5) is 17.2. The summed E-state index contributed by atoms with van der Waals surface area (Å²) >= 11 is 1.29. The van der Waals surface area contributed by atoms with Gasteiger partial charge in [-0.25, -0.2) is 4.98 Å². The van der Waals surface area contributed by atoms with E-state index >= 15 is 0 Å². The Morgan fingerprint density at radius 3 is 2.95 bits per heavy atom. The Labute approximate surface area is 118 Å². The highest BCUT2D eigenvalue weighted by molar-refractivity contribution is 7.99. The standard InChI is InChI=1S/C13H21N3O2S/c1-15-6-2-11(3-7-15)4-8-16-9-5-14-13(16)19-10-12(17)18/h5,9,11H,2-4,6-8,10H2,1H3,(H,17,18). The summed E-state index contributed by atoms with van der Waals surface area (Å²) in [5.41, 5.74) is 0. The number of aromatic nitrogens is 2. The van der Waals surface area contributed by atoms with E-state index in [-0.39, 0.29) is 5.75 Å². The molecule has 0 aromatic carbocycles. The van der Waals surface area contributed by atoms with E-state index in [4.69, 9.17) is 5.11 Å². The van der Waals surface area contributed by atoms with Crippen LogP contribution in [0.5, 0.6) is 0 Å². The molecule has 0 spiro atoms. The van der Waals surface area contributed by atoms with Crippen molar-refractivity contribution in [3.8, 4) is 0 Å². The first-order valence-corrected chi connectivity index (χ1v) is 7.68.